The van der Waals surface area contributed by atoms with Crippen LogP contribution in [0.15, 0.2) is 72.4 Å². The number of aromatic nitrogens is 3. The molecule has 156 valence electrons. The summed E-state index contributed by atoms with van der Waals surface area (Å²) in [6.45, 7) is 0.964. The van der Waals surface area contributed by atoms with Crippen LogP contribution in [0.3, 0.4) is 0 Å². The van der Waals surface area contributed by atoms with Crippen molar-refractivity contribution in [3.63, 3.8) is 0 Å². The van der Waals surface area contributed by atoms with E-state index in [1.807, 2.05) is 41.1 Å². The molecule has 0 aliphatic carbocycles. The standard InChI is InChI=1S/C21H22N6OS.HI/c1-22-21(25-12-15-6-7-24-20(10-15)27-9-8-23-14-27)26-13-17(28)19-11-16-4-2-3-5-18(16)29-19;/h2-11,14,17,28H,12-13H2,1H3,(H2,22,25,26);1H. The van der Waals surface area contributed by atoms with E-state index in [1.54, 1.807) is 37.1 Å². The summed E-state index contributed by atoms with van der Waals surface area (Å²) in [7, 11) is 1.71. The Morgan fingerprint density at radius 2 is 2.07 bits per heavy atom. The number of nitrogens with one attached hydrogen (secondary N) is 2. The molecule has 3 heterocycles. The number of pyridine rings is 1. The first-order valence-electron chi connectivity index (χ1n) is 9.27. The second kappa shape index (κ2) is 10.5. The molecule has 0 amide bonds. The molecule has 4 rings (SSSR count). The number of hydrogen-bond acceptors (Lipinski definition) is 5. The van der Waals surface area contributed by atoms with Crippen LogP contribution in [0.4, 0.5) is 0 Å². The predicted molar refractivity (Wildman–Crippen MR) is 132 cm³/mol. The first-order chi connectivity index (χ1) is 14.2. The maximum Gasteiger partial charge on any atom is 0.191 e. The second-order valence-electron chi connectivity index (χ2n) is 6.50. The average Bonchev–Trinajstić information content (AvgIpc) is 3.44. The number of aliphatic imine (C=N–C) groups is 1. The highest BCUT2D eigenvalue weighted by Crippen LogP contribution is 2.29. The fourth-order valence-electron chi connectivity index (χ4n) is 2.97. The van der Waals surface area contributed by atoms with Crippen molar-refractivity contribution in [3.8, 4) is 5.82 Å². The van der Waals surface area contributed by atoms with Crippen molar-refractivity contribution < 1.29 is 5.11 Å². The average molecular weight is 534 g/mol. The van der Waals surface area contributed by atoms with Gasteiger partial charge in [0.15, 0.2) is 5.96 Å². The van der Waals surface area contributed by atoms with Crippen molar-refractivity contribution in [2.45, 2.75) is 12.6 Å². The number of rotatable bonds is 6. The molecule has 0 spiro atoms. The Morgan fingerprint density at radius 3 is 2.83 bits per heavy atom. The molecular weight excluding hydrogens is 511 g/mol. The summed E-state index contributed by atoms with van der Waals surface area (Å²) >= 11 is 1.61. The number of fused-ring (bicyclic) bond motifs is 1. The highest BCUT2D eigenvalue weighted by Gasteiger charge is 2.12. The third-order valence-corrected chi connectivity index (χ3v) is 5.72. The van der Waals surface area contributed by atoms with Gasteiger partial charge in [0.2, 0.25) is 0 Å². The zero-order chi connectivity index (χ0) is 20.1. The van der Waals surface area contributed by atoms with E-state index in [0.29, 0.717) is 19.0 Å². The van der Waals surface area contributed by atoms with Crippen LogP contribution in [0, 0.1) is 0 Å². The second-order valence-corrected chi connectivity index (χ2v) is 7.62. The number of imidazole rings is 1. The third kappa shape index (κ3) is 5.35. The van der Waals surface area contributed by atoms with Crippen LogP contribution in [-0.2, 0) is 6.54 Å². The zero-order valence-electron chi connectivity index (χ0n) is 16.4. The smallest absolute Gasteiger partial charge is 0.191 e. The van der Waals surface area contributed by atoms with Gasteiger partial charge in [-0.1, -0.05) is 18.2 Å². The molecule has 30 heavy (non-hydrogen) atoms. The van der Waals surface area contributed by atoms with Gasteiger partial charge in [0, 0.05) is 48.3 Å². The molecule has 0 aliphatic heterocycles. The van der Waals surface area contributed by atoms with Gasteiger partial charge < -0.3 is 15.7 Å². The maximum absolute atomic E-state index is 10.5. The Morgan fingerprint density at radius 1 is 1.20 bits per heavy atom. The van der Waals surface area contributed by atoms with Gasteiger partial charge in [-0.3, -0.25) is 9.56 Å². The zero-order valence-corrected chi connectivity index (χ0v) is 19.5. The quantitative estimate of drug-likeness (QED) is 0.200. The van der Waals surface area contributed by atoms with Gasteiger partial charge in [-0.25, -0.2) is 9.97 Å². The van der Waals surface area contributed by atoms with E-state index in [4.69, 9.17) is 0 Å². The molecule has 0 aliphatic rings. The van der Waals surface area contributed by atoms with Crippen LogP contribution < -0.4 is 10.6 Å². The highest BCUT2D eigenvalue weighted by atomic mass is 127. The van der Waals surface area contributed by atoms with E-state index in [-0.39, 0.29) is 24.0 Å². The normalized spacial score (nSPS) is 12.4. The van der Waals surface area contributed by atoms with E-state index in [9.17, 15) is 5.11 Å². The number of thiophene rings is 1. The van der Waals surface area contributed by atoms with Gasteiger partial charge >= 0.3 is 0 Å². The Bertz CT molecular complexity index is 1080. The summed E-state index contributed by atoms with van der Waals surface area (Å²) in [6, 6.07) is 14.1. The molecule has 0 saturated carbocycles. The molecule has 7 nitrogen and oxygen atoms in total. The molecule has 4 aromatic rings. The lowest BCUT2D eigenvalue weighted by Gasteiger charge is -2.15. The molecule has 0 radical (unpaired) electrons. The fourth-order valence-corrected chi connectivity index (χ4v) is 4.02. The molecule has 9 heteroatoms. The van der Waals surface area contributed by atoms with Crippen molar-refractivity contribution in [1.82, 2.24) is 25.2 Å². The number of hydrogen-bond donors (Lipinski definition) is 3. The number of halogens is 1. The lowest BCUT2D eigenvalue weighted by Crippen LogP contribution is -2.38. The van der Waals surface area contributed by atoms with Gasteiger partial charge in [0.25, 0.3) is 0 Å². The monoisotopic (exact) mass is 534 g/mol. The van der Waals surface area contributed by atoms with E-state index >= 15 is 0 Å². The SMILES string of the molecule is CN=C(NCc1ccnc(-n2ccnc2)c1)NCC(O)c1cc2ccccc2s1.I. The van der Waals surface area contributed by atoms with Crippen LogP contribution in [0.5, 0.6) is 0 Å². The van der Waals surface area contributed by atoms with Crippen molar-refractivity contribution >= 4 is 51.4 Å². The number of guanidine groups is 1. The molecule has 1 unspecified atom stereocenters. The van der Waals surface area contributed by atoms with Crippen LogP contribution in [0.2, 0.25) is 0 Å². The summed E-state index contributed by atoms with van der Waals surface area (Å²) in [5.41, 5.74) is 1.07. The van der Waals surface area contributed by atoms with Crippen molar-refractivity contribution in [2.24, 2.45) is 4.99 Å². The van der Waals surface area contributed by atoms with Gasteiger partial charge in [-0.2, -0.15) is 0 Å². The summed E-state index contributed by atoms with van der Waals surface area (Å²) in [6.07, 6.45) is 6.47. The minimum atomic E-state index is -0.597. The summed E-state index contributed by atoms with van der Waals surface area (Å²) in [5, 5.41) is 18.2. The van der Waals surface area contributed by atoms with Crippen LogP contribution in [0.1, 0.15) is 16.5 Å². The van der Waals surface area contributed by atoms with E-state index in [1.165, 1.54) is 4.70 Å². The lowest BCUT2D eigenvalue weighted by molar-refractivity contribution is 0.184. The maximum atomic E-state index is 10.5. The number of aliphatic hydroxyl groups excluding tert-OH is 1. The van der Waals surface area contributed by atoms with Crippen molar-refractivity contribution in [2.75, 3.05) is 13.6 Å². The summed E-state index contributed by atoms with van der Waals surface area (Å²) in [4.78, 5) is 13.6. The molecule has 0 fully saturated rings. The molecule has 3 aromatic heterocycles. The van der Waals surface area contributed by atoms with E-state index < -0.39 is 6.10 Å². The molecule has 0 bridgehead atoms. The van der Waals surface area contributed by atoms with E-state index in [0.717, 1.165) is 21.6 Å². The Balaban J connectivity index is 0.00000256. The molecule has 1 atom stereocenters. The summed E-state index contributed by atoms with van der Waals surface area (Å²) < 4.78 is 3.04. The van der Waals surface area contributed by atoms with Crippen molar-refractivity contribution in [3.05, 3.63) is 77.8 Å². The molecular formula is C21H23IN6OS. The van der Waals surface area contributed by atoms with E-state index in [2.05, 4.69) is 37.7 Å². The number of aliphatic hydroxyl groups is 1. The Hall–Kier alpha value is -2.50. The van der Waals surface area contributed by atoms with Gasteiger partial charge in [0.1, 0.15) is 18.2 Å². The molecule has 1 aromatic carbocycles. The Kier molecular flexibility index (Phi) is 7.77. The van der Waals surface area contributed by atoms with Crippen LogP contribution in [-0.4, -0.2) is 39.2 Å². The minimum Gasteiger partial charge on any atom is -0.386 e. The Labute approximate surface area is 195 Å². The first kappa shape index (κ1) is 22.2. The third-order valence-electron chi connectivity index (χ3n) is 4.50. The molecule has 3 N–H and O–H groups in total. The van der Waals surface area contributed by atoms with Gasteiger partial charge in [0.05, 0.1) is 0 Å². The van der Waals surface area contributed by atoms with Crippen LogP contribution in [0.25, 0.3) is 15.9 Å². The topological polar surface area (TPSA) is 87.4 Å². The lowest BCUT2D eigenvalue weighted by atomic mass is 10.2. The highest BCUT2D eigenvalue weighted by molar-refractivity contribution is 14.0. The first-order valence-corrected chi connectivity index (χ1v) is 10.1. The van der Waals surface area contributed by atoms with Gasteiger partial charge in [-0.05, 0) is 35.2 Å². The molecule has 0 saturated heterocycles. The largest absolute Gasteiger partial charge is 0.386 e. The van der Waals surface area contributed by atoms with Gasteiger partial charge in [-0.15, -0.1) is 35.3 Å². The summed E-state index contributed by atoms with van der Waals surface area (Å²) in [5.74, 6) is 1.44. The number of nitrogens with zero attached hydrogens (tertiary/aromatic N) is 4. The van der Waals surface area contributed by atoms with Crippen molar-refractivity contribution in [1.29, 1.82) is 0 Å². The van der Waals surface area contributed by atoms with Crippen LogP contribution >= 0.6 is 35.3 Å². The number of benzene rings is 1. The predicted octanol–water partition coefficient (Wildman–Crippen LogP) is 3.50. The minimum absolute atomic E-state index is 0. The fraction of sp³-hybridized carbons (Fsp3) is 0.190.